The molecule has 18 heavy (non-hydrogen) atoms. The van der Waals surface area contributed by atoms with E-state index in [2.05, 4.69) is 20.8 Å². The Hall–Kier alpha value is -0.930. The summed E-state index contributed by atoms with van der Waals surface area (Å²) in [6.07, 6.45) is -3.69. The highest BCUT2D eigenvalue weighted by Gasteiger charge is 2.35. The van der Waals surface area contributed by atoms with Gasteiger partial charge in [0.05, 0.1) is 0 Å². The molecule has 104 valence electrons. The van der Waals surface area contributed by atoms with E-state index in [0.29, 0.717) is 24.3 Å². The van der Waals surface area contributed by atoms with Gasteiger partial charge in [0.25, 0.3) is 0 Å². The van der Waals surface area contributed by atoms with Crippen molar-refractivity contribution < 1.29 is 18.0 Å². The monoisotopic (exact) mass is 304 g/mol. The summed E-state index contributed by atoms with van der Waals surface area (Å²) in [7, 11) is 1.75. The fourth-order valence-electron chi connectivity index (χ4n) is 0.996. The third-order valence-electron chi connectivity index (χ3n) is 1.74. The molecule has 1 heterocycles. The van der Waals surface area contributed by atoms with E-state index in [-0.39, 0.29) is 29.9 Å². The van der Waals surface area contributed by atoms with Crippen molar-refractivity contribution in [3.63, 3.8) is 0 Å². The predicted octanol–water partition coefficient (Wildman–Crippen LogP) is 1.92. The number of aromatic nitrogens is 2. The average Bonchev–Trinajstić information content (AvgIpc) is 2.66. The number of hydrogen-bond acceptors (Lipinski definition) is 5. The molecule has 1 amide bonds. The lowest BCUT2D eigenvalue weighted by Crippen LogP contribution is -2.15. The fourth-order valence-corrected chi connectivity index (χ4v) is 1.62. The molecule has 0 fully saturated rings. The predicted molar refractivity (Wildman–Crippen MR) is 63.9 cm³/mol. The maximum Gasteiger partial charge on any atom is 0.445 e. The van der Waals surface area contributed by atoms with Crippen LogP contribution in [0.3, 0.4) is 0 Å². The Balaban J connectivity index is 0.00000289. The van der Waals surface area contributed by atoms with Crippen LogP contribution in [0.15, 0.2) is 0 Å². The highest BCUT2D eigenvalue weighted by atomic mass is 35.5. The van der Waals surface area contributed by atoms with Crippen LogP contribution in [-0.2, 0) is 11.0 Å². The summed E-state index contributed by atoms with van der Waals surface area (Å²) in [5.74, 6) is -0.370. The molecule has 0 aliphatic heterocycles. The van der Waals surface area contributed by atoms with Crippen molar-refractivity contribution in [1.82, 2.24) is 15.5 Å². The van der Waals surface area contributed by atoms with E-state index < -0.39 is 11.2 Å². The van der Waals surface area contributed by atoms with E-state index in [1.807, 2.05) is 0 Å². The molecule has 1 aromatic rings. The zero-order valence-corrected chi connectivity index (χ0v) is 11.0. The Labute approximate surface area is 112 Å². The largest absolute Gasteiger partial charge is 0.445 e. The second-order valence-electron chi connectivity index (χ2n) is 3.17. The first-order chi connectivity index (χ1) is 7.93. The highest BCUT2D eigenvalue weighted by Crippen LogP contribution is 2.32. The van der Waals surface area contributed by atoms with Crippen LogP contribution in [-0.4, -0.2) is 29.7 Å². The molecule has 0 aliphatic rings. The number of alkyl halides is 3. The van der Waals surface area contributed by atoms with Crippen LogP contribution in [0.5, 0.6) is 0 Å². The van der Waals surface area contributed by atoms with Gasteiger partial charge < -0.3 is 10.6 Å². The summed E-state index contributed by atoms with van der Waals surface area (Å²) in [5.41, 5.74) is 0. The number of nitrogens with one attached hydrogen (secondary N) is 2. The van der Waals surface area contributed by atoms with Crippen molar-refractivity contribution in [2.24, 2.45) is 0 Å². The van der Waals surface area contributed by atoms with Gasteiger partial charge in [0.15, 0.2) is 0 Å². The number of nitrogens with zero attached hydrogens (tertiary/aromatic N) is 2. The first-order valence-electron chi connectivity index (χ1n) is 4.78. The molecule has 0 spiro atoms. The molecule has 1 rings (SSSR count). The Morgan fingerprint density at radius 1 is 1.39 bits per heavy atom. The third-order valence-corrected chi connectivity index (χ3v) is 2.63. The first-order valence-corrected chi connectivity index (χ1v) is 5.60. The average molecular weight is 305 g/mol. The minimum Gasteiger partial charge on any atom is -0.320 e. The van der Waals surface area contributed by atoms with E-state index in [1.54, 1.807) is 7.05 Å². The van der Waals surface area contributed by atoms with Gasteiger partial charge in [-0.2, -0.15) is 13.2 Å². The standard InChI is InChI=1S/C8H11F3N4OS.ClH/c1-12-4-2-3-5(16)13-7-15-14-6(17-7)8(9,10)11;/h12H,2-4H2,1H3,(H,13,15,16);1H. The van der Waals surface area contributed by atoms with Gasteiger partial charge in [0.2, 0.25) is 16.0 Å². The second-order valence-corrected chi connectivity index (χ2v) is 4.14. The van der Waals surface area contributed by atoms with E-state index in [0.717, 1.165) is 0 Å². The van der Waals surface area contributed by atoms with Crippen LogP contribution >= 0.6 is 23.7 Å². The van der Waals surface area contributed by atoms with Crippen LogP contribution < -0.4 is 10.6 Å². The molecular weight excluding hydrogens is 293 g/mol. The van der Waals surface area contributed by atoms with Crippen molar-refractivity contribution >= 4 is 34.8 Å². The molecule has 0 aliphatic carbocycles. The number of carbonyl (C=O) groups excluding carboxylic acids is 1. The Morgan fingerprint density at radius 3 is 2.56 bits per heavy atom. The number of rotatable bonds is 5. The van der Waals surface area contributed by atoms with E-state index in [9.17, 15) is 18.0 Å². The summed E-state index contributed by atoms with van der Waals surface area (Å²) < 4.78 is 36.5. The Bertz CT molecular complexity index is 385. The normalized spacial score (nSPS) is 10.9. The molecular formula is C8H12ClF3N4OS. The van der Waals surface area contributed by atoms with Gasteiger partial charge in [0, 0.05) is 6.42 Å². The first kappa shape index (κ1) is 17.1. The lowest BCUT2D eigenvalue weighted by molar-refractivity contribution is -0.138. The van der Waals surface area contributed by atoms with Crippen LogP contribution in [0, 0.1) is 0 Å². The summed E-state index contributed by atoms with van der Waals surface area (Å²) in [6, 6.07) is 0. The highest BCUT2D eigenvalue weighted by molar-refractivity contribution is 7.15. The minimum absolute atomic E-state index is 0. The van der Waals surface area contributed by atoms with Crippen LogP contribution in [0.2, 0.25) is 0 Å². The Morgan fingerprint density at radius 2 is 2.06 bits per heavy atom. The van der Waals surface area contributed by atoms with Crippen molar-refractivity contribution in [1.29, 1.82) is 0 Å². The molecule has 0 aromatic carbocycles. The zero-order chi connectivity index (χ0) is 12.9. The van der Waals surface area contributed by atoms with Gasteiger partial charge in [-0.25, -0.2) is 0 Å². The van der Waals surface area contributed by atoms with Crippen molar-refractivity contribution in [3.8, 4) is 0 Å². The molecule has 0 saturated carbocycles. The number of anilines is 1. The molecule has 1 aromatic heterocycles. The van der Waals surface area contributed by atoms with Crippen molar-refractivity contribution in [2.45, 2.75) is 19.0 Å². The van der Waals surface area contributed by atoms with Gasteiger partial charge in [0.1, 0.15) is 0 Å². The van der Waals surface area contributed by atoms with Gasteiger partial charge in [-0.1, -0.05) is 11.3 Å². The molecule has 0 atom stereocenters. The molecule has 0 unspecified atom stereocenters. The summed E-state index contributed by atoms with van der Waals surface area (Å²) in [4.78, 5) is 11.3. The topological polar surface area (TPSA) is 66.9 Å². The van der Waals surface area contributed by atoms with Crippen molar-refractivity contribution in [3.05, 3.63) is 5.01 Å². The number of carbonyl (C=O) groups is 1. The third kappa shape index (κ3) is 5.61. The van der Waals surface area contributed by atoms with Crippen molar-refractivity contribution in [2.75, 3.05) is 18.9 Å². The maximum atomic E-state index is 12.2. The smallest absolute Gasteiger partial charge is 0.320 e. The minimum atomic E-state index is -4.52. The van der Waals surface area contributed by atoms with E-state index >= 15 is 0 Å². The number of amides is 1. The van der Waals surface area contributed by atoms with Gasteiger partial charge >= 0.3 is 6.18 Å². The van der Waals surface area contributed by atoms with Gasteiger partial charge in [-0.15, -0.1) is 22.6 Å². The molecule has 0 saturated heterocycles. The van der Waals surface area contributed by atoms with E-state index in [1.165, 1.54) is 0 Å². The summed E-state index contributed by atoms with van der Waals surface area (Å²) >= 11 is 0.313. The zero-order valence-electron chi connectivity index (χ0n) is 9.37. The van der Waals surface area contributed by atoms with Crippen LogP contribution in [0.1, 0.15) is 17.8 Å². The lowest BCUT2D eigenvalue weighted by atomic mass is 10.3. The lowest BCUT2D eigenvalue weighted by Gasteiger charge is -2.00. The Kier molecular flexibility index (Phi) is 7.11. The molecule has 0 radical (unpaired) electrons. The molecule has 0 bridgehead atoms. The summed E-state index contributed by atoms with van der Waals surface area (Å²) in [6.45, 7) is 0.664. The van der Waals surface area contributed by atoms with Gasteiger partial charge in [-0.05, 0) is 20.0 Å². The van der Waals surface area contributed by atoms with Gasteiger partial charge in [-0.3, -0.25) is 4.79 Å². The molecule has 2 N–H and O–H groups in total. The van der Waals surface area contributed by atoms with E-state index in [4.69, 9.17) is 0 Å². The molecule has 5 nitrogen and oxygen atoms in total. The fraction of sp³-hybridized carbons (Fsp3) is 0.625. The maximum absolute atomic E-state index is 12.2. The SMILES string of the molecule is CNCCCC(=O)Nc1nnc(C(F)(F)F)s1.Cl. The van der Waals surface area contributed by atoms with Crippen LogP contribution in [0.25, 0.3) is 0 Å². The summed E-state index contributed by atoms with van der Waals surface area (Å²) in [5, 5.41) is 10.1. The number of halogens is 4. The quantitative estimate of drug-likeness (QED) is 0.816. The second kappa shape index (κ2) is 7.49. The number of hydrogen-bond donors (Lipinski definition) is 2. The molecule has 10 heteroatoms. The van der Waals surface area contributed by atoms with Crippen LogP contribution in [0.4, 0.5) is 18.3 Å².